The van der Waals surface area contributed by atoms with E-state index in [4.69, 9.17) is 0 Å². The summed E-state index contributed by atoms with van der Waals surface area (Å²) in [6.45, 7) is -1.79. The summed E-state index contributed by atoms with van der Waals surface area (Å²) in [4.78, 5) is 3.49. The third kappa shape index (κ3) is 3.29. The Morgan fingerprint density at radius 3 is 2.25 bits per heavy atom. The monoisotopic (exact) mass is 305 g/mol. The smallest absolute Gasteiger partial charge is 0.456 e. The minimum absolute atomic E-state index is 0.299. The lowest BCUT2D eigenvalue weighted by Gasteiger charge is -2.19. The van der Waals surface area contributed by atoms with Gasteiger partial charge in [-0.05, 0) is 22.0 Å². The van der Waals surface area contributed by atoms with Gasteiger partial charge in [0.15, 0.2) is 6.61 Å². The Balaban J connectivity index is 2.61. The fourth-order valence-electron chi connectivity index (χ4n) is 0.694. The maximum atomic E-state index is 12.4. The van der Waals surface area contributed by atoms with E-state index in [0.29, 0.717) is 4.47 Å². The number of alkyl halides is 5. The van der Waals surface area contributed by atoms with Gasteiger partial charge < -0.3 is 4.74 Å². The van der Waals surface area contributed by atoms with E-state index in [1.165, 1.54) is 18.3 Å². The van der Waals surface area contributed by atoms with Crippen LogP contribution in [0.1, 0.15) is 0 Å². The molecule has 1 rings (SSSR count). The molecule has 90 valence electrons. The highest BCUT2D eigenvalue weighted by Crippen LogP contribution is 2.35. The average Bonchev–Trinajstić information content (AvgIpc) is 2.15. The Morgan fingerprint density at radius 1 is 1.19 bits per heavy atom. The number of ether oxygens (including phenoxy) is 1. The minimum atomic E-state index is -5.62. The standard InChI is InChI=1S/C8H5BrF5NO/c9-5-1-2-6(15-3-5)16-4-7(10,11)8(12,13)14/h1-3H,4H2. The van der Waals surface area contributed by atoms with Gasteiger partial charge in [-0.1, -0.05) is 0 Å². The van der Waals surface area contributed by atoms with E-state index in [0.717, 1.165) is 0 Å². The lowest BCUT2D eigenvalue weighted by molar-refractivity contribution is -0.290. The molecule has 16 heavy (non-hydrogen) atoms. The highest BCUT2D eigenvalue weighted by molar-refractivity contribution is 9.10. The van der Waals surface area contributed by atoms with Crippen LogP contribution in [0.2, 0.25) is 0 Å². The van der Waals surface area contributed by atoms with Crippen LogP contribution in [0.4, 0.5) is 22.0 Å². The molecular formula is C8H5BrF5NO. The third-order valence-electron chi connectivity index (χ3n) is 1.52. The van der Waals surface area contributed by atoms with Crippen molar-refractivity contribution in [3.8, 4) is 5.88 Å². The molecule has 1 aromatic rings. The van der Waals surface area contributed by atoms with E-state index in [-0.39, 0.29) is 5.88 Å². The molecule has 0 unspecified atom stereocenters. The molecule has 2 nitrogen and oxygen atoms in total. The Bertz CT molecular complexity index is 350. The zero-order valence-corrected chi connectivity index (χ0v) is 9.15. The first kappa shape index (κ1) is 13.1. The van der Waals surface area contributed by atoms with Crippen LogP contribution in [0.5, 0.6) is 5.88 Å². The Kier molecular flexibility index (Phi) is 3.72. The largest absolute Gasteiger partial charge is 0.471 e. The van der Waals surface area contributed by atoms with Gasteiger partial charge in [-0.25, -0.2) is 4.98 Å². The van der Waals surface area contributed by atoms with Gasteiger partial charge in [0.25, 0.3) is 0 Å². The second-order valence-corrected chi connectivity index (χ2v) is 3.72. The average molecular weight is 306 g/mol. The maximum absolute atomic E-state index is 12.4. The van der Waals surface area contributed by atoms with Crippen LogP contribution in [0.3, 0.4) is 0 Å². The molecule has 0 fully saturated rings. The molecule has 0 aliphatic heterocycles. The Morgan fingerprint density at radius 2 is 1.81 bits per heavy atom. The van der Waals surface area contributed by atoms with Crippen molar-refractivity contribution in [2.45, 2.75) is 12.1 Å². The van der Waals surface area contributed by atoms with Crippen molar-refractivity contribution >= 4 is 15.9 Å². The highest BCUT2D eigenvalue weighted by atomic mass is 79.9. The van der Waals surface area contributed by atoms with Crippen LogP contribution in [0.25, 0.3) is 0 Å². The topological polar surface area (TPSA) is 22.1 Å². The maximum Gasteiger partial charge on any atom is 0.456 e. The fourth-order valence-corrected chi connectivity index (χ4v) is 0.929. The zero-order valence-electron chi connectivity index (χ0n) is 7.56. The van der Waals surface area contributed by atoms with E-state index in [1.807, 2.05) is 0 Å². The van der Waals surface area contributed by atoms with Gasteiger partial charge in [0.05, 0.1) is 0 Å². The van der Waals surface area contributed by atoms with Gasteiger partial charge in [-0.15, -0.1) is 0 Å². The second kappa shape index (κ2) is 4.52. The van der Waals surface area contributed by atoms with Crippen molar-refractivity contribution in [3.63, 3.8) is 0 Å². The molecule has 0 aliphatic carbocycles. The number of halogens is 6. The number of aromatic nitrogens is 1. The molecule has 0 radical (unpaired) electrons. The number of hydrogen-bond acceptors (Lipinski definition) is 2. The number of pyridine rings is 1. The van der Waals surface area contributed by atoms with Gasteiger partial charge in [0.2, 0.25) is 5.88 Å². The summed E-state index contributed by atoms with van der Waals surface area (Å²) >= 11 is 3.02. The zero-order chi connectivity index (χ0) is 12.4. The molecule has 0 atom stereocenters. The van der Waals surface area contributed by atoms with Crippen LogP contribution >= 0.6 is 15.9 Å². The molecule has 0 bridgehead atoms. The Hall–Kier alpha value is -0.920. The molecule has 0 amide bonds. The molecule has 0 aliphatic rings. The van der Waals surface area contributed by atoms with Crippen molar-refractivity contribution < 1.29 is 26.7 Å². The first-order valence-electron chi connectivity index (χ1n) is 3.91. The van der Waals surface area contributed by atoms with E-state index in [9.17, 15) is 22.0 Å². The third-order valence-corrected chi connectivity index (χ3v) is 1.99. The molecule has 0 saturated carbocycles. The lowest BCUT2D eigenvalue weighted by Crippen LogP contribution is -2.41. The normalized spacial score (nSPS) is 12.6. The van der Waals surface area contributed by atoms with Crippen LogP contribution in [-0.4, -0.2) is 23.7 Å². The summed E-state index contributed by atoms with van der Waals surface area (Å²) in [5, 5.41) is 0. The first-order chi connectivity index (χ1) is 7.22. The summed E-state index contributed by atoms with van der Waals surface area (Å²) in [5.74, 6) is -5.19. The minimum Gasteiger partial charge on any atom is -0.471 e. The van der Waals surface area contributed by atoms with Crippen molar-refractivity contribution in [1.82, 2.24) is 4.98 Å². The van der Waals surface area contributed by atoms with Crippen molar-refractivity contribution in [1.29, 1.82) is 0 Å². The van der Waals surface area contributed by atoms with Gasteiger partial charge in [0.1, 0.15) is 0 Å². The van der Waals surface area contributed by atoms with E-state index in [2.05, 4.69) is 25.7 Å². The molecule has 1 heterocycles. The summed E-state index contributed by atoms with van der Waals surface area (Å²) in [7, 11) is 0. The summed E-state index contributed by atoms with van der Waals surface area (Å²) in [5.41, 5.74) is 0. The predicted molar refractivity (Wildman–Crippen MR) is 48.4 cm³/mol. The van der Waals surface area contributed by atoms with E-state index >= 15 is 0 Å². The molecular weight excluding hydrogens is 301 g/mol. The quantitative estimate of drug-likeness (QED) is 0.798. The summed E-state index contributed by atoms with van der Waals surface area (Å²) < 4.78 is 64.9. The SMILES string of the molecule is FC(F)(F)C(F)(F)COc1ccc(Br)cn1. The highest BCUT2D eigenvalue weighted by Gasteiger charge is 2.58. The van der Waals surface area contributed by atoms with Gasteiger partial charge in [-0.2, -0.15) is 22.0 Å². The van der Waals surface area contributed by atoms with E-state index < -0.39 is 18.7 Å². The molecule has 0 saturated heterocycles. The molecule has 0 spiro atoms. The molecule has 8 heteroatoms. The molecule has 1 aromatic heterocycles. The van der Waals surface area contributed by atoms with Crippen molar-refractivity contribution in [2.24, 2.45) is 0 Å². The number of rotatable bonds is 3. The second-order valence-electron chi connectivity index (χ2n) is 2.81. The van der Waals surface area contributed by atoms with Crippen molar-refractivity contribution in [3.05, 3.63) is 22.8 Å². The summed E-state index contributed by atoms with van der Waals surface area (Å²) in [6.07, 6.45) is -4.40. The van der Waals surface area contributed by atoms with Crippen LogP contribution in [0.15, 0.2) is 22.8 Å². The lowest BCUT2D eigenvalue weighted by atomic mass is 10.3. The van der Waals surface area contributed by atoms with Crippen LogP contribution < -0.4 is 4.74 Å². The summed E-state index contributed by atoms with van der Waals surface area (Å²) in [6, 6.07) is 2.59. The number of hydrogen-bond donors (Lipinski definition) is 0. The van der Waals surface area contributed by atoms with Crippen molar-refractivity contribution in [2.75, 3.05) is 6.61 Å². The first-order valence-corrected chi connectivity index (χ1v) is 4.70. The van der Waals surface area contributed by atoms with Crippen LogP contribution in [-0.2, 0) is 0 Å². The van der Waals surface area contributed by atoms with E-state index in [1.54, 1.807) is 0 Å². The van der Waals surface area contributed by atoms with Gasteiger partial charge in [0, 0.05) is 16.7 Å². The molecule has 0 aromatic carbocycles. The predicted octanol–water partition coefficient (Wildman–Crippen LogP) is 3.42. The molecule has 0 N–H and O–H groups in total. The van der Waals surface area contributed by atoms with Gasteiger partial charge in [-0.3, -0.25) is 0 Å². The Labute approximate surface area is 95.6 Å². The van der Waals surface area contributed by atoms with Crippen LogP contribution in [0, 0.1) is 0 Å². The number of nitrogens with zero attached hydrogens (tertiary/aromatic N) is 1. The fraction of sp³-hybridized carbons (Fsp3) is 0.375. The van der Waals surface area contributed by atoms with Gasteiger partial charge >= 0.3 is 12.1 Å².